The van der Waals surface area contributed by atoms with Crippen molar-refractivity contribution in [1.82, 2.24) is 15.2 Å². The molecule has 2 saturated heterocycles. The largest absolute Gasteiger partial charge is 0.495 e. The first-order chi connectivity index (χ1) is 22.0. The van der Waals surface area contributed by atoms with Gasteiger partial charge >= 0.3 is 11.5 Å². The van der Waals surface area contributed by atoms with Crippen LogP contribution in [-0.2, 0) is 23.2 Å². The van der Waals surface area contributed by atoms with Gasteiger partial charge in [0.15, 0.2) is 0 Å². The van der Waals surface area contributed by atoms with Crippen LogP contribution in [0.25, 0.3) is 0 Å². The summed E-state index contributed by atoms with van der Waals surface area (Å²) in [6, 6.07) is 7.91. The number of nitrogens with one attached hydrogen (secondary N) is 2. The van der Waals surface area contributed by atoms with Crippen molar-refractivity contribution in [3.63, 3.8) is 0 Å². The number of thiol groups is 1. The summed E-state index contributed by atoms with van der Waals surface area (Å²) in [5.41, 5.74) is 0.521. The topological polar surface area (TPSA) is 104 Å². The van der Waals surface area contributed by atoms with E-state index in [1.807, 2.05) is 13.0 Å². The average molecular weight is 738 g/mol. The summed E-state index contributed by atoms with van der Waals surface area (Å²) >= 11 is 21.4. The first-order valence-corrected chi connectivity index (χ1v) is 16.1. The number of alkyl halides is 3. The fourth-order valence-electron chi connectivity index (χ4n) is 5.41. The summed E-state index contributed by atoms with van der Waals surface area (Å²) in [4.78, 5) is 44.9. The maximum Gasteiger partial charge on any atom is 0.414 e. The SMILES string of the molecule is COc1cc2c(cc1N1CCCOC1=O)CN(C(=O)c1c(Sc3c(Cl)ccc(C4CNC4)c3Cl)cc(C(F)(F)Cl)[nH]c1=O)C2.FS. The lowest BCUT2D eigenvalue weighted by Crippen LogP contribution is -2.40. The molecule has 246 valence electrons. The Morgan fingerprint density at radius 1 is 1.13 bits per heavy atom. The van der Waals surface area contributed by atoms with Gasteiger partial charge in [0.2, 0.25) is 0 Å². The van der Waals surface area contributed by atoms with Crippen molar-refractivity contribution in [3.05, 3.63) is 78.7 Å². The molecule has 0 unspecified atom stereocenters. The molecular weight excluding hydrogens is 712 g/mol. The number of aromatic nitrogens is 1. The lowest BCUT2D eigenvalue weighted by molar-refractivity contribution is 0.0740. The first kappa shape index (κ1) is 34.6. The van der Waals surface area contributed by atoms with E-state index in [-0.39, 0.29) is 34.5 Å². The summed E-state index contributed by atoms with van der Waals surface area (Å²) in [7, 11) is 1.47. The number of cyclic esters (lactones) is 1. The maximum absolute atomic E-state index is 14.2. The van der Waals surface area contributed by atoms with Crippen molar-refractivity contribution in [2.45, 2.75) is 40.6 Å². The minimum Gasteiger partial charge on any atom is -0.495 e. The molecule has 17 heteroatoms. The first-order valence-electron chi connectivity index (χ1n) is 13.8. The van der Waals surface area contributed by atoms with Crippen LogP contribution in [0.4, 0.5) is 23.1 Å². The third-order valence-electron chi connectivity index (χ3n) is 7.80. The van der Waals surface area contributed by atoms with E-state index in [1.54, 1.807) is 24.3 Å². The number of amides is 2. The fourth-order valence-corrected chi connectivity index (χ4v) is 7.32. The normalized spacial score (nSPS) is 16.3. The van der Waals surface area contributed by atoms with E-state index in [4.69, 9.17) is 44.3 Å². The summed E-state index contributed by atoms with van der Waals surface area (Å²) in [6.07, 6.45) is 0.144. The second-order valence-electron chi connectivity index (χ2n) is 10.6. The predicted octanol–water partition coefficient (Wildman–Crippen LogP) is 7.12. The number of H-pyrrole nitrogens is 1. The number of hydrogen-bond acceptors (Lipinski definition) is 8. The van der Waals surface area contributed by atoms with Gasteiger partial charge < -0.3 is 24.7 Å². The molecule has 0 atom stereocenters. The van der Waals surface area contributed by atoms with Crippen LogP contribution in [0.2, 0.25) is 10.0 Å². The number of halogens is 6. The molecule has 2 N–H and O–H groups in total. The van der Waals surface area contributed by atoms with Crippen LogP contribution in [0.3, 0.4) is 0 Å². The number of anilines is 1. The van der Waals surface area contributed by atoms with Crippen molar-refractivity contribution in [2.24, 2.45) is 0 Å². The molecule has 2 aromatic carbocycles. The van der Waals surface area contributed by atoms with Gasteiger partial charge in [0.25, 0.3) is 11.5 Å². The average Bonchev–Trinajstić information content (AvgIpc) is 3.42. The monoisotopic (exact) mass is 736 g/mol. The van der Waals surface area contributed by atoms with Gasteiger partial charge in [0.1, 0.15) is 17.0 Å². The maximum atomic E-state index is 14.2. The predicted molar refractivity (Wildman–Crippen MR) is 173 cm³/mol. The molecule has 6 rings (SSSR count). The number of carbonyl (C=O) groups excluding carboxylic acids is 2. The van der Waals surface area contributed by atoms with Crippen molar-refractivity contribution in [1.29, 1.82) is 0 Å². The summed E-state index contributed by atoms with van der Waals surface area (Å²) in [6.45, 7) is 2.39. The molecule has 4 heterocycles. The van der Waals surface area contributed by atoms with E-state index < -0.39 is 28.6 Å². The highest BCUT2D eigenvalue weighted by Crippen LogP contribution is 2.45. The number of hydrogen-bond donors (Lipinski definition) is 3. The number of rotatable bonds is 7. The lowest BCUT2D eigenvalue weighted by Gasteiger charge is -2.29. The highest BCUT2D eigenvalue weighted by molar-refractivity contribution is 7.99. The summed E-state index contributed by atoms with van der Waals surface area (Å²) < 4.78 is 48.4. The molecule has 0 spiro atoms. The molecule has 46 heavy (non-hydrogen) atoms. The molecule has 0 radical (unpaired) electrons. The molecule has 0 aliphatic carbocycles. The van der Waals surface area contributed by atoms with Gasteiger partial charge in [-0.2, -0.15) is 12.7 Å². The van der Waals surface area contributed by atoms with Crippen LogP contribution >= 0.6 is 59.6 Å². The molecular formula is C29H26Cl3F3N4O5S2. The van der Waals surface area contributed by atoms with Gasteiger partial charge in [-0.15, -0.1) is 0 Å². The highest BCUT2D eigenvalue weighted by Gasteiger charge is 2.36. The van der Waals surface area contributed by atoms with Crippen LogP contribution in [-0.4, -0.2) is 55.2 Å². The fraction of sp³-hybridized carbons (Fsp3) is 0.345. The van der Waals surface area contributed by atoms with E-state index in [1.165, 1.54) is 16.9 Å². The molecule has 0 saturated carbocycles. The Hall–Kier alpha value is -2.75. The van der Waals surface area contributed by atoms with Gasteiger partial charge in [-0.25, -0.2) is 4.79 Å². The second-order valence-corrected chi connectivity index (χ2v) is 12.9. The van der Waals surface area contributed by atoms with E-state index in [2.05, 4.69) is 10.3 Å². The van der Waals surface area contributed by atoms with Gasteiger partial charge in [-0.1, -0.05) is 41.0 Å². The smallest absolute Gasteiger partial charge is 0.414 e. The molecule has 3 aliphatic heterocycles. The lowest BCUT2D eigenvalue weighted by atomic mass is 9.94. The standard InChI is InChI=1S/C29H25Cl3F2N4O5S.FHS/c1-42-20-8-15-13-37(12-14(15)7-19(20)38-5-2-6-43-28(38)41)27(40)23-21(9-22(29(32,33)34)36-26(23)39)44-25-18(30)4-3-17(24(25)31)16-10-35-11-16;1-2/h3-4,7-9,16,35H,2,5-6,10-13H2,1H3,(H,36,39);2H. The number of ether oxygens (including phenoxy) is 2. The van der Waals surface area contributed by atoms with E-state index in [0.29, 0.717) is 54.0 Å². The summed E-state index contributed by atoms with van der Waals surface area (Å²) in [5, 5.41) is -0.186. The van der Waals surface area contributed by atoms with Crippen LogP contribution in [0.5, 0.6) is 5.75 Å². The van der Waals surface area contributed by atoms with E-state index in [9.17, 15) is 27.1 Å². The zero-order valence-electron chi connectivity index (χ0n) is 24.0. The Kier molecular flexibility index (Phi) is 10.6. The Morgan fingerprint density at radius 3 is 2.43 bits per heavy atom. The number of pyridine rings is 1. The molecule has 9 nitrogen and oxygen atoms in total. The summed E-state index contributed by atoms with van der Waals surface area (Å²) in [5.74, 6) is -0.136. The van der Waals surface area contributed by atoms with Crippen molar-refractivity contribution in [3.8, 4) is 5.75 Å². The van der Waals surface area contributed by atoms with Crippen LogP contribution in [0.1, 0.15) is 45.1 Å². The molecule has 3 aromatic rings. The van der Waals surface area contributed by atoms with Gasteiger partial charge in [-0.05, 0) is 59.0 Å². The van der Waals surface area contributed by atoms with Gasteiger partial charge in [0.05, 0.1) is 29.4 Å². The third kappa shape index (κ3) is 6.78. The number of fused-ring (bicyclic) bond motifs is 1. The number of benzene rings is 2. The number of nitrogens with zero attached hydrogens (tertiary/aromatic N) is 2. The van der Waals surface area contributed by atoms with Crippen LogP contribution < -0.4 is 20.5 Å². The molecule has 1 aromatic heterocycles. The Balaban J connectivity index is 0.00000204. The van der Waals surface area contributed by atoms with E-state index in [0.717, 1.165) is 34.5 Å². The number of aromatic amines is 1. The highest BCUT2D eigenvalue weighted by atomic mass is 35.5. The number of methoxy groups -OCH3 is 1. The Morgan fingerprint density at radius 2 is 1.83 bits per heavy atom. The van der Waals surface area contributed by atoms with Crippen molar-refractivity contribution in [2.75, 3.05) is 38.3 Å². The zero-order valence-corrected chi connectivity index (χ0v) is 28.0. The Labute approximate surface area is 286 Å². The van der Waals surface area contributed by atoms with Crippen molar-refractivity contribution < 1.29 is 31.7 Å². The van der Waals surface area contributed by atoms with Crippen LogP contribution in [0, 0.1) is 0 Å². The zero-order chi connectivity index (χ0) is 33.3. The van der Waals surface area contributed by atoms with Crippen molar-refractivity contribution >= 4 is 77.3 Å². The molecule has 0 bridgehead atoms. The quantitative estimate of drug-likeness (QED) is 0.175. The van der Waals surface area contributed by atoms with Gasteiger partial charge in [-0.3, -0.25) is 14.5 Å². The van der Waals surface area contributed by atoms with Crippen LogP contribution in [0.15, 0.2) is 44.9 Å². The molecule has 3 aliphatic rings. The second kappa shape index (κ2) is 14.2. The minimum atomic E-state index is -3.91. The third-order valence-corrected chi connectivity index (χ3v) is 10.1. The Bertz CT molecular complexity index is 1740. The van der Waals surface area contributed by atoms with E-state index >= 15 is 0 Å². The minimum absolute atomic E-state index is 0.0768. The molecule has 2 fully saturated rings. The number of carbonyl (C=O) groups is 2. The van der Waals surface area contributed by atoms with Gasteiger partial charge in [0, 0.05) is 61.4 Å². The molecule has 2 amide bonds.